The maximum atomic E-state index is 12.5. The fourth-order valence-electron chi connectivity index (χ4n) is 5.17. The van der Waals surface area contributed by atoms with E-state index in [1.807, 2.05) is 78.9 Å². The number of carbonyl (C=O) groups is 1. The van der Waals surface area contributed by atoms with Gasteiger partial charge in [0.2, 0.25) is 5.16 Å². The van der Waals surface area contributed by atoms with Crippen molar-refractivity contribution in [3.63, 3.8) is 0 Å². The van der Waals surface area contributed by atoms with Gasteiger partial charge < -0.3 is 30.3 Å². The number of urea groups is 1. The molecule has 2 amide bonds. The van der Waals surface area contributed by atoms with Gasteiger partial charge in [0.25, 0.3) is 0 Å². The summed E-state index contributed by atoms with van der Waals surface area (Å²) < 4.78 is 14.7. The number of phenols is 1. The molecular formula is C34H34N6O5S. The normalized spacial score (nSPS) is 19.4. The molecule has 1 aliphatic heterocycles. The van der Waals surface area contributed by atoms with Crippen molar-refractivity contribution in [3.05, 3.63) is 125 Å². The molecule has 46 heavy (non-hydrogen) atoms. The fourth-order valence-corrected chi connectivity index (χ4v) is 6.22. The number of anilines is 1. The number of phenolic OH excluding ortho intramolecular Hbond substituents is 1. The highest BCUT2D eigenvalue weighted by atomic mass is 32.2. The number of thioether (sulfide) groups is 1. The number of nitrogens with zero attached hydrogens (tertiary/aromatic N) is 4. The smallest absolute Gasteiger partial charge is 0.319 e. The number of aliphatic hydroxyl groups excluding tert-OH is 1. The van der Waals surface area contributed by atoms with Gasteiger partial charge in [-0.25, -0.2) is 4.79 Å². The molecule has 4 aromatic carbocycles. The molecule has 0 unspecified atom stereocenters. The molecule has 12 heteroatoms. The van der Waals surface area contributed by atoms with Crippen LogP contribution in [0.15, 0.2) is 108 Å². The van der Waals surface area contributed by atoms with Crippen molar-refractivity contribution in [2.75, 3.05) is 11.1 Å². The molecule has 4 N–H and O–H groups in total. The number of carbonyl (C=O) groups excluding carboxylic acids is 1. The molecular weight excluding hydrogens is 604 g/mol. The number of tetrazole rings is 1. The van der Waals surface area contributed by atoms with Crippen LogP contribution in [0.5, 0.6) is 5.75 Å². The van der Waals surface area contributed by atoms with Gasteiger partial charge in [-0.05, 0) is 63.5 Å². The Hall–Kier alpha value is -4.75. The second-order valence-electron chi connectivity index (χ2n) is 10.9. The summed E-state index contributed by atoms with van der Waals surface area (Å²) in [4.78, 5) is 12.5. The van der Waals surface area contributed by atoms with Crippen molar-refractivity contribution < 1.29 is 24.5 Å². The Balaban J connectivity index is 1.17. The summed E-state index contributed by atoms with van der Waals surface area (Å²) in [7, 11) is 0. The average Bonchev–Trinajstić information content (AvgIpc) is 3.57. The summed E-state index contributed by atoms with van der Waals surface area (Å²) in [6, 6.07) is 31.2. The Morgan fingerprint density at radius 2 is 1.61 bits per heavy atom. The molecule has 2 heterocycles. The molecule has 0 aliphatic carbocycles. The van der Waals surface area contributed by atoms with Crippen LogP contribution in [0.3, 0.4) is 0 Å². The quantitative estimate of drug-likeness (QED) is 0.140. The zero-order valence-corrected chi connectivity index (χ0v) is 25.9. The van der Waals surface area contributed by atoms with Gasteiger partial charge in [-0.15, -0.1) is 5.10 Å². The Bertz CT molecular complexity index is 1720. The molecule has 1 saturated heterocycles. The maximum Gasteiger partial charge on any atom is 0.319 e. The molecule has 4 atom stereocenters. The highest BCUT2D eigenvalue weighted by Gasteiger charge is 2.38. The highest BCUT2D eigenvalue weighted by Crippen LogP contribution is 2.43. The SMILES string of the molecule is C[C@@H]1[C@H](CSc2nnnn2-c2ccc(O)cc2)O[C@H](c2ccc(NC(=O)NCc3ccccc3)cc2)O[C@@H]1c1ccc(CO)cc1. The minimum atomic E-state index is -0.668. The van der Waals surface area contributed by atoms with E-state index in [9.17, 15) is 15.0 Å². The van der Waals surface area contributed by atoms with Gasteiger partial charge in [-0.1, -0.05) is 85.4 Å². The summed E-state index contributed by atoms with van der Waals surface area (Å²) >= 11 is 1.47. The molecule has 11 nitrogen and oxygen atoms in total. The number of aromatic hydroxyl groups is 1. The van der Waals surface area contributed by atoms with Crippen molar-refractivity contribution in [3.8, 4) is 11.4 Å². The van der Waals surface area contributed by atoms with Gasteiger partial charge in [0.05, 0.1) is 24.5 Å². The van der Waals surface area contributed by atoms with Crippen LogP contribution in [-0.2, 0) is 22.6 Å². The molecule has 0 spiro atoms. The summed E-state index contributed by atoms with van der Waals surface area (Å²) in [6.07, 6.45) is -1.19. The maximum absolute atomic E-state index is 12.5. The van der Waals surface area contributed by atoms with E-state index >= 15 is 0 Å². The van der Waals surface area contributed by atoms with Crippen LogP contribution >= 0.6 is 11.8 Å². The number of aromatic nitrogens is 4. The Labute approximate surface area is 270 Å². The molecule has 236 valence electrons. The predicted molar refractivity (Wildman–Crippen MR) is 173 cm³/mol. The van der Waals surface area contributed by atoms with E-state index in [2.05, 4.69) is 33.1 Å². The van der Waals surface area contributed by atoms with Crippen molar-refractivity contribution in [2.24, 2.45) is 5.92 Å². The van der Waals surface area contributed by atoms with E-state index < -0.39 is 6.29 Å². The Morgan fingerprint density at radius 3 is 2.33 bits per heavy atom. The molecule has 1 aliphatic rings. The van der Waals surface area contributed by atoms with Gasteiger partial charge in [0.1, 0.15) is 5.75 Å². The summed E-state index contributed by atoms with van der Waals surface area (Å²) in [5.41, 5.74) is 5.00. The Morgan fingerprint density at radius 1 is 0.891 bits per heavy atom. The third kappa shape index (κ3) is 7.54. The molecule has 5 aromatic rings. The van der Waals surface area contributed by atoms with Crippen LogP contribution in [0.2, 0.25) is 0 Å². The van der Waals surface area contributed by atoms with E-state index in [1.54, 1.807) is 28.9 Å². The molecule has 6 rings (SSSR count). The van der Waals surface area contributed by atoms with E-state index in [4.69, 9.17) is 9.47 Å². The molecule has 0 saturated carbocycles. The van der Waals surface area contributed by atoms with Gasteiger partial charge in [0.15, 0.2) is 6.29 Å². The largest absolute Gasteiger partial charge is 0.508 e. The van der Waals surface area contributed by atoms with E-state index in [1.165, 1.54) is 11.8 Å². The lowest BCUT2D eigenvalue weighted by Gasteiger charge is -2.41. The van der Waals surface area contributed by atoms with Crippen molar-refractivity contribution in [1.82, 2.24) is 25.5 Å². The van der Waals surface area contributed by atoms with E-state index in [0.717, 1.165) is 27.9 Å². The van der Waals surface area contributed by atoms with Crippen molar-refractivity contribution >= 4 is 23.5 Å². The summed E-state index contributed by atoms with van der Waals surface area (Å²) in [5.74, 6) is 0.678. The molecule has 1 fully saturated rings. The standard InChI is InChI=1S/C34H34N6O5S/c1-22-30(21-46-34-37-38-39-40(34)28-15-17-29(42)18-16-28)44-32(45-31(22)25-9-7-24(20-41)8-10-25)26-11-13-27(14-12-26)36-33(43)35-19-23-5-3-2-4-6-23/h2-18,22,30-32,41-42H,19-21H2,1H3,(H2,35,36,43)/t22-,30+,31+,32+/m1/s1. The fraction of sp³-hybridized carbons (Fsp3) is 0.235. The molecule has 0 bridgehead atoms. The highest BCUT2D eigenvalue weighted by molar-refractivity contribution is 7.99. The number of rotatable bonds is 10. The van der Waals surface area contributed by atoms with Crippen LogP contribution < -0.4 is 10.6 Å². The zero-order valence-electron chi connectivity index (χ0n) is 25.1. The van der Waals surface area contributed by atoms with Gasteiger partial charge in [0, 0.05) is 29.5 Å². The Kier molecular flexibility index (Phi) is 9.89. The average molecular weight is 639 g/mol. The van der Waals surface area contributed by atoms with Gasteiger partial charge in [-0.2, -0.15) is 4.68 Å². The van der Waals surface area contributed by atoms with Crippen LogP contribution in [-0.4, -0.2) is 48.3 Å². The van der Waals surface area contributed by atoms with Crippen molar-refractivity contribution in [2.45, 2.75) is 43.7 Å². The first kappa shape index (κ1) is 31.2. The van der Waals surface area contributed by atoms with Gasteiger partial charge >= 0.3 is 6.03 Å². The molecule has 1 aromatic heterocycles. The molecule has 0 radical (unpaired) electrons. The number of benzene rings is 4. The lowest BCUT2D eigenvalue weighted by Crippen LogP contribution is -2.38. The van der Waals surface area contributed by atoms with Crippen LogP contribution in [0, 0.1) is 5.92 Å². The van der Waals surface area contributed by atoms with Crippen LogP contribution in [0.25, 0.3) is 5.69 Å². The number of nitrogens with one attached hydrogen (secondary N) is 2. The monoisotopic (exact) mass is 638 g/mol. The first-order chi connectivity index (χ1) is 22.5. The third-order valence-electron chi connectivity index (χ3n) is 7.77. The predicted octanol–water partition coefficient (Wildman–Crippen LogP) is 5.77. The first-order valence-electron chi connectivity index (χ1n) is 14.9. The van der Waals surface area contributed by atoms with Gasteiger partial charge in [-0.3, -0.25) is 0 Å². The minimum absolute atomic E-state index is 0.0315. The number of amides is 2. The third-order valence-corrected chi connectivity index (χ3v) is 8.78. The second kappa shape index (κ2) is 14.6. The number of hydrogen-bond acceptors (Lipinski definition) is 9. The van der Waals surface area contributed by atoms with Crippen LogP contribution in [0.4, 0.5) is 10.5 Å². The summed E-state index contributed by atoms with van der Waals surface area (Å²) in [5, 5.41) is 37.8. The lowest BCUT2D eigenvalue weighted by molar-refractivity contribution is -0.268. The number of ether oxygens (including phenoxy) is 2. The van der Waals surface area contributed by atoms with E-state index in [-0.39, 0.29) is 36.5 Å². The minimum Gasteiger partial charge on any atom is -0.508 e. The topological polar surface area (TPSA) is 144 Å². The lowest BCUT2D eigenvalue weighted by atomic mass is 9.91. The number of aliphatic hydroxyl groups is 1. The first-order valence-corrected chi connectivity index (χ1v) is 15.9. The zero-order chi connectivity index (χ0) is 31.9. The second-order valence-corrected chi connectivity index (χ2v) is 11.9. The number of hydrogen-bond donors (Lipinski definition) is 4. The van der Waals surface area contributed by atoms with E-state index in [0.29, 0.717) is 23.1 Å². The summed E-state index contributed by atoms with van der Waals surface area (Å²) in [6.45, 7) is 2.48. The van der Waals surface area contributed by atoms with Crippen molar-refractivity contribution in [1.29, 1.82) is 0 Å². The van der Waals surface area contributed by atoms with Crippen LogP contribution in [0.1, 0.15) is 41.6 Å².